The number of aromatic hydroxyl groups is 1. The predicted molar refractivity (Wildman–Crippen MR) is 123 cm³/mol. The van der Waals surface area contributed by atoms with Crippen LogP contribution < -0.4 is 10.6 Å². The smallest absolute Gasteiger partial charge is 0.152 e. The SMILES string of the molecule is Cc1ccc(O)c(C)c1-n1c2nc(C)c(N3CCC4(CC4)C3)cc2c2c(N)ncnc21. The van der Waals surface area contributed by atoms with Gasteiger partial charge in [-0.05, 0) is 63.1 Å². The first kappa shape index (κ1) is 18.4. The number of hydrogen-bond donors (Lipinski definition) is 2. The number of fused-ring (bicyclic) bond motifs is 3. The Labute approximate surface area is 180 Å². The van der Waals surface area contributed by atoms with E-state index in [-0.39, 0.29) is 5.75 Å². The zero-order valence-electron chi connectivity index (χ0n) is 18.1. The van der Waals surface area contributed by atoms with Gasteiger partial charge in [-0.1, -0.05) is 6.07 Å². The highest BCUT2D eigenvalue weighted by Crippen LogP contribution is 2.53. The Balaban J connectivity index is 1.68. The molecule has 1 aliphatic carbocycles. The number of aromatic nitrogens is 4. The first-order valence-electron chi connectivity index (χ1n) is 10.9. The number of phenolic OH excluding ortho intramolecular Hbond substituents is 1. The van der Waals surface area contributed by atoms with Crippen LogP contribution in [0.4, 0.5) is 11.5 Å². The standard InChI is InChI=1S/C24H26N6O/c1-13-4-5-18(31)14(2)20(13)30-22-16(19-21(25)26-12-27-23(19)30)10-17(15(3)28-22)29-9-8-24(11-29)6-7-24/h4-5,10,12,31H,6-9,11H2,1-3H3,(H2,25,26,27). The van der Waals surface area contributed by atoms with E-state index in [0.29, 0.717) is 16.9 Å². The van der Waals surface area contributed by atoms with Crippen LogP contribution in [0.2, 0.25) is 0 Å². The molecule has 7 heteroatoms. The van der Waals surface area contributed by atoms with E-state index < -0.39 is 0 Å². The summed E-state index contributed by atoms with van der Waals surface area (Å²) < 4.78 is 2.02. The molecule has 3 N–H and O–H groups in total. The van der Waals surface area contributed by atoms with E-state index in [2.05, 4.69) is 27.9 Å². The Morgan fingerprint density at radius 1 is 1.06 bits per heavy atom. The largest absolute Gasteiger partial charge is 0.508 e. The minimum Gasteiger partial charge on any atom is -0.508 e. The highest BCUT2D eigenvalue weighted by molar-refractivity contribution is 6.12. The molecule has 1 aromatic carbocycles. The van der Waals surface area contributed by atoms with Gasteiger partial charge >= 0.3 is 0 Å². The maximum absolute atomic E-state index is 10.4. The van der Waals surface area contributed by atoms with Crippen molar-refractivity contribution in [1.29, 1.82) is 0 Å². The highest BCUT2D eigenvalue weighted by Gasteiger charge is 2.48. The van der Waals surface area contributed by atoms with Gasteiger partial charge in [0.2, 0.25) is 0 Å². The van der Waals surface area contributed by atoms with Crippen molar-refractivity contribution >= 4 is 33.6 Å². The monoisotopic (exact) mass is 414 g/mol. The highest BCUT2D eigenvalue weighted by atomic mass is 16.3. The van der Waals surface area contributed by atoms with Gasteiger partial charge in [0.1, 0.15) is 23.5 Å². The molecule has 1 saturated carbocycles. The summed E-state index contributed by atoms with van der Waals surface area (Å²) in [5.41, 5.74) is 13.3. The van der Waals surface area contributed by atoms with Crippen LogP contribution in [0.5, 0.6) is 5.75 Å². The Hall–Kier alpha value is -3.35. The molecule has 158 valence electrons. The third-order valence-corrected chi connectivity index (χ3v) is 7.28. The van der Waals surface area contributed by atoms with Gasteiger partial charge in [-0.3, -0.25) is 4.57 Å². The average molecular weight is 415 g/mol. The lowest BCUT2D eigenvalue weighted by atomic mass is 10.1. The van der Waals surface area contributed by atoms with Crippen molar-refractivity contribution < 1.29 is 5.11 Å². The lowest BCUT2D eigenvalue weighted by Gasteiger charge is -2.21. The molecule has 2 aliphatic rings. The van der Waals surface area contributed by atoms with E-state index in [1.807, 2.05) is 24.5 Å². The molecule has 0 amide bonds. The zero-order valence-corrected chi connectivity index (χ0v) is 18.1. The number of pyridine rings is 1. The minimum absolute atomic E-state index is 0.248. The molecule has 7 nitrogen and oxygen atoms in total. The molecule has 1 spiro atoms. The molecule has 1 saturated heterocycles. The van der Waals surface area contributed by atoms with Crippen LogP contribution in [-0.4, -0.2) is 37.7 Å². The van der Waals surface area contributed by atoms with Crippen LogP contribution >= 0.6 is 0 Å². The van der Waals surface area contributed by atoms with Crippen LogP contribution in [0.1, 0.15) is 36.1 Å². The number of rotatable bonds is 2. The zero-order chi connectivity index (χ0) is 21.5. The summed E-state index contributed by atoms with van der Waals surface area (Å²) in [6.45, 7) is 8.21. The number of anilines is 2. The lowest BCUT2D eigenvalue weighted by Crippen LogP contribution is -2.21. The van der Waals surface area contributed by atoms with Crippen LogP contribution in [-0.2, 0) is 0 Å². The molecule has 2 fully saturated rings. The summed E-state index contributed by atoms with van der Waals surface area (Å²) in [5.74, 6) is 0.693. The summed E-state index contributed by atoms with van der Waals surface area (Å²) in [6.07, 6.45) is 5.44. The average Bonchev–Trinajstić information content (AvgIpc) is 3.25. The number of nitrogens with zero attached hydrogens (tertiary/aromatic N) is 5. The molecule has 0 radical (unpaired) electrons. The van der Waals surface area contributed by atoms with Gasteiger partial charge in [0.05, 0.1) is 22.5 Å². The van der Waals surface area contributed by atoms with Gasteiger partial charge in [-0.25, -0.2) is 15.0 Å². The van der Waals surface area contributed by atoms with Crippen molar-refractivity contribution in [2.75, 3.05) is 23.7 Å². The van der Waals surface area contributed by atoms with Crippen molar-refractivity contribution in [1.82, 2.24) is 19.5 Å². The molecule has 4 heterocycles. The first-order valence-corrected chi connectivity index (χ1v) is 10.9. The molecule has 6 rings (SSSR count). The van der Waals surface area contributed by atoms with Gasteiger partial charge in [-0.2, -0.15) is 0 Å². The number of hydrogen-bond acceptors (Lipinski definition) is 6. The summed E-state index contributed by atoms with van der Waals surface area (Å²) in [6, 6.07) is 5.86. The van der Waals surface area contributed by atoms with Crippen molar-refractivity contribution in [2.45, 2.75) is 40.0 Å². The number of phenols is 1. The third kappa shape index (κ3) is 2.55. The maximum Gasteiger partial charge on any atom is 0.152 e. The predicted octanol–water partition coefficient (Wildman–Crippen LogP) is 4.17. The summed E-state index contributed by atoms with van der Waals surface area (Å²) >= 11 is 0. The number of nitrogens with two attached hydrogens (primary N) is 1. The Morgan fingerprint density at radius 3 is 2.61 bits per heavy atom. The van der Waals surface area contributed by atoms with E-state index in [1.165, 1.54) is 31.3 Å². The summed E-state index contributed by atoms with van der Waals surface area (Å²) in [7, 11) is 0. The molecule has 1 aliphatic heterocycles. The van der Waals surface area contributed by atoms with Crippen molar-refractivity contribution in [3.63, 3.8) is 0 Å². The number of aryl methyl sites for hydroxylation is 2. The van der Waals surface area contributed by atoms with Crippen molar-refractivity contribution in [3.05, 3.63) is 41.3 Å². The van der Waals surface area contributed by atoms with Crippen LogP contribution in [0.3, 0.4) is 0 Å². The van der Waals surface area contributed by atoms with Gasteiger partial charge < -0.3 is 15.7 Å². The fourth-order valence-electron chi connectivity index (χ4n) is 5.28. The molecule has 3 aromatic heterocycles. The second-order valence-corrected chi connectivity index (χ2v) is 9.30. The lowest BCUT2D eigenvalue weighted by molar-refractivity contribution is 0.470. The van der Waals surface area contributed by atoms with Crippen molar-refractivity contribution in [2.24, 2.45) is 5.41 Å². The molecule has 4 aromatic rings. The Bertz CT molecular complexity index is 1380. The third-order valence-electron chi connectivity index (χ3n) is 7.28. The van der Waals surface area contributed by atoms with Crippen LogP contribution in [0, 0.1) is 26.2 Å². The Kier molecular flexibility index (Phi) is 3.62. The first-order chi connectivity index (χ1) is 14.9. The van der Waals surface area contributed by atoms with Gasteiger partial charge in [0, 0.05) is 24.0 Å². The van der Waals surface area contributed by atoms with Gasteiger partial charge in [0.25, 0.3) is 0 Å². The van der Waals surface area contributed by atoms with Crippen LogP contribution in [0.25, 0.3) is 27.8 Å². The summed E-state index contributed by atoms with van der Waals surface area (Å²) in [5, 5.41) is 12.2. The second kappa shape index (κ2) is 6.09. The molecule has 31 heavy (non-hydrogen) atoms. The molecule has 0 atom stereocenters. The van der Waals surface area contributed by atoms with Gasteiger partial charge in [0.15, 0.2) is 5.65 Å². The van der Waals surface area contributed by atoms with Crippen molar-refractivity contribution in [3.8, 4) is 11.4 Å². The fraction of sp³-hybridized carbons (Fsp3) is 0.375. The molecular formula is C24H26N6O. The van der Waals surface area contributed by atoms with Gasteiger partial charge in [-0.15, -0.1) is 0 Å². The van der Waals surface area contributed by atoms with E-state index >= 15 is 0 Å². The van der Waals surface area contributed by atoms with E-state index in [1.54, 1.807) is 6.07 Å². The number of benzene rings is 1. The second-order valence-electron chi connectivity index (χ2n) is 9.30. The van der Waals surface area contributed by atoms with E-state index in [4.69, 9.17) is 10.7 Å². The van der Waals surface area contributed by atoms with E-state index in [0.717, 1.165) is 52.0 Å². The molecule has 0 unspecified atom stereocenters. The van der Waals surface area contributed by atoms with Crippen LogP contribution in [0.15, 0.2) is 24.5 Å². The minimum atomic E-state index is 0.248. The number of nitrogen functional groups attached to an aromatic ring is 1. The fourth-order valence-corrected chi connectivity index (χ4v) is 5.28. The molecular weight excluding hydrogens is 388 g/mol. The molecule has 0 bridgehead atoms. The topological polar surface area (TPSA) is 93.1 Å². The Morgan fingerprint density at radius 2 is 1.87 bits per heavy atom. The summed E-state index contributed by atoms with van der Waals surface area (Å²) in [4.78, 5) is 16.4. The van der Waals surface area contributed by atoms with E-state index in [9.17, 15) is 5.11 Å². The maximum atomic E-state index is 10.4. The quantitative estimate of drug-likeness (QED) is 0.511. The normalized spacial score (nSPS) is 17.3.